The first-order valence-corrected chi connectivity index (χ1v) is 10.8. The highest BCUT2D eigenvalue weighted by Crippen LogP contribution is 2.23. The van der Waals surface area contributed by atoms with Crippen LogP contribution in [0.5, 0.6) is 0 Å². The maximum Gasteiger partial charge on any atom is 0.270 e. The molecule has 0 bridgehead atoms. The second-order valence-corrected chi connectivity index (χ2v) is 9.68. The van der Waals surface area contributed by atoms with Crippen LogP contribution in [0.3, 0.4) is 0 Å². The monoisotopic (exact) mass is 415 g/mol. The fourth-order valence-electron chi connectivity index (χ4n) is 2.78. The summed E-state index contributed by atoms with van der Waals surface area (Å²) in [4.78, 5) is 16.3. The zero-order valence-electron chi connectivity index (χ0n) is 14.1. The molecule has 0 atom stereocenters. The molecule has 27 heavy (non-hydrogen) atoms. The van der Waals surface area contributed by atoms with E-state index >= 15 is 0 Å². The van der Waals surface area contributed by atoms with E-state index in [9.17, 15) is 26.9 Å². The highest BCUT2D eigenvalue weighted by atomic mass is 32.2. The van der Waals surface area contributed by atoms with E-state index in [1.54, 1.807) is 0 Å². The quantitative estimate of drug-likeness (QED) is 0.549. The number of aromatic nitrogens is 2. The lowest BCUT2D eigenvalue weighted by molar-refractivity contribution is -0.385. The van der Waals surface area contributed by atoms with Gasteiger partial charge in [-0.3, -0.25) is 10.1 Å². The normalized spacial score (nSPS) is 17.5. The summed E-state index contributed by atoms with van der Waals surface area (Å²) in [7, 11) is -7.77. The van der Waals surface area contributed by atoms with Crippen LogP contribution in [0, 0.1) is 10.1 Å². The molecular weight excluding hydrogens is 398 g/mol. The van der Waals surface area contributed by atoms with Crippen LogP contribution >= 0.6 is 0 Å². The van der Waals surface area contributed by atoms with E-state index in [0.29, 0.717) is 6.42 Å². The zero-order valence-corrected chi connectivity index (χ0v) is 15.7. The van der Waals surface area contributed by atoms with E-state index < -0.39 is 25.0 Å². The van der Waals surface area contributed by atoms with Crippen LogP contribution in [-0.4, -0.2) is 66.5 Å². The number of hydrogen-bond acceptors (Lipinski definition) is 7. The first-order valence-electron chi connectivity index (χ1n) is 7.96. The summed E-state index contributed by atoms with van der Waals surface area (Å²) >= 11 is 0. The van der Waals surface area contributed by atoms with Crippen molar-refractivity contribution < 1.29 is 21.8 Å². The molecule has 2 heterocycles. The Bertz CT molecular complexity index is 1040. The summed E-state index contributed by atoms with van der Waals surface area (Å²) in [6, 6.07) is 4.80. The standard InChI is InChI=1S/C14H17N5O6S2/c20-19(21)12-3-1-4-13(9-12)26(22,23)17-5-2-6-18(8-7-17)27(24,25)14-10-15-11-16-14/h1,3-4,9-11H,2,5-8H2,(H,15,16). The van der Waals surface area contributed by atoms with Crippen LogP contribution < -0.4 is 0 Å². The van der Waals surface area contributed by atoms with Crippen molar-refractivity contribution in [1.82, 2.24) is 18.6 Å². The van der Waals surface area contributed by atoms with Crippen molar-refractivity contribution in [2.24, 2.45) is 0 Å². The Morgan fingerprint density at radius 1 is 1.04 bits per heavy atom. The molecule has 0 aliphatic carbocycles. The van der Waals surface area contributed by atoms with Crippen molar-refractivity contribution in [2.45, 2.75) is 16.3 Å². The minimum atomic E-state index is -3.98. The van der Waals surface area contributed by atoms with Gasteiger partial charge >= 0.3 is 0 Å². The highest BCUT2D eigenvalue weighted by Gasteiger charge is 2.32. The van der Waals surface area contributed by atoms with E-state index in [1.165, 1.54) is 35.0 Å². The van der Waals surface area contributed by atoms with Crippen LogP contribution in [-0.2, 0) is 20.0 Å². The van der Waals surface area contributed by atoms with Gasteiger partial charge in [-0.2, -0.15) is 8.61 Å². The highest BCUT2D eigenvalue weighted by molar-refractivity contribution is 7.89. The smallest absolute Gasteiger partial charge is 0.270 e. The molecule has 0 unspecified atom stereocenters. The molecule has 2 aromatic rings. The Morgan fingerprint density at radius 2 is 1.70 bits per heavy atom. The molecule has 0 saturated carbocycles. The Labute approximate surface area is 155 Å². The van der Waals surface area contributed by atoms with Crippen molar-refractivity contribution in [3.05, 3.63) is 46.9 Å². The van der Waals surface area contributed by atoms with Gasteiger partial charge in [0.15, 0.2) is 5.03 Å². The molecule has 3 rings (SSSR count). The van der Waals surface area contributed by atoms with E-state index in [0.717, 1.165) is 10.4 Å². The van der Waals surface area contributed by atoms with Gasteiger partial charge in [-0.15, -0.1) is 0 Å². The number of rotatable bonds is 5. The molecule has 13 heteroatoms. The number of nitro benzene ring substituents is 1. The van der Waals surface area contributed by atoms with Crippen molar-refractivity contribution in [2.75, 3.05) is 26.2 Å². The number of imidazole rings is 1. The Balaban J connectivity index is 1.81. The van der Waals surface area contributed by atoms with E-state index in [4.69, 9.17) is 0 Å². The average molecular weight is 415 g/mol. The SMILES string of the molecule is O=[N+]([O-])c1cccc(S(=O)(=O)N2CCCN(S(=O)(=O)c3cnc[nH]3)CC2)c1. The maximum atomic E-state index is 12.8. The van der Waals surface area contributed by atoms with E-state index in [2.05, 4.69) is 9.97 Å². The number of sulfonamides is 2. The van der Waals surface area contributed by atoms with Crippen LogP contribution in [0.4, 0.5) is 5.69 Å². The maximum absolute atomic E-state index is 12.8. The first-order chi connectivity index (χ1) is 12.7. The van der Waals surface area contributed by atoms with Gasteiger partial charge in [-0.25, -0.2) is 21.8 Å². The molecule has 1 aromatic carbocycles. The lowest BCUT2D eigenvalue weighted by atomic mass is 10.3. The zero-order chi connectivity index (χ0) is 19.7. The number of H-pyrrole nitrogens is 1. The second-order valence-electron chi connectivity index (χ2n) is 5.83. The van der Waals surface area contributed by atoms with Crippen molar-refractivity contribution in [3.63, 3.8) is 0 Å². The van der Waals surface area contributed by atoms with Gasteiger partial charge in [0.25, 0.3) is 15.7 Å². The third kappa shape index (κ3) is 3.85. The molecule has 146 valence electrons. The molecule has 1 N–H and O–H groups in total. The molecule has 1 aliphatic heterocycles. The number of nitro groups is 1. The molecule has 0 amide bonds. The van der Waals surface area contributed by atoms with Gasteiger partial charge in [0.05, 0.1) is 22.3 Å². The van der Waals surface area contributed by atoms with Crippen molar-refractivity contribution in [3.8, 4) is 0 Å². The van der Waals surface area contributed by atoms with Gasteiger partial charge in [0, 0.05) is 38.3 Å². The predicted octanol–water partition coefficient (Wildman–Crippen LogP) is 0.403. The summed E-state index contributed by atoms with van der Waals surface area (Å²) in [6.07, 6.45) is 2.74. The van der Waals surface area contributed by atoms with Crippen LogP contribution in [0.25, 0.3) is 0 Å². The summed E-state index contributed by atoms with van der Waals surface area (Å²) in [5.41, 5.74) is -0.325. The predicted molar refractivity (Wildman–Crippen MR) is 93.8 cm³/mol. The molecule has 1 aromatic heterocycles. The third-order valence-electron chi connectivity index (χ3n) is 4.17. The lowest BCUT2D eigenvalue weighted by Crippen LogP contribution is -2.37. The van der Waals surface area contributed by atoms with Gasteiger partial charge in [0.2, 0.25) is 10.0 Å². The number of nitrogens with one attached hydrogen (secondary N) is 1. The number of aromatic amines is 1. The number of hydrogen-bond donors (Lipinski definition) is 1. The second kappa shape index (κ2) is 7.34. The summed E-state index contributed by atoms with van der Waals surface area (Å²) in [5.74, 6) is 0. The third-order valence-corrected chi connectivity index (χ3v) is 7.89. The van der Waals surface area contributed by atoms with E-state index in [-0.39, 0.29) is 41.8 Å². The van der Waals surface area contributed by atoms with Crippen molar-refractivity contribution >= 4 is 25.7 Å². The molecule has 0 spiro atoms. The molecule has 0 radical (unpaired) electrons. The fraction of sp³-hybridized carbons (Fsp3) is 0.357. The van der Waals surface area contributed by atoms with Gasteiger partial charge in [-0.05, 0) is 12.5 Å². The van der Waals surface area contributed by atoms with Crippen LogP contribution in [0.15, 0.2) is 46.7 Å². The first kappa shape index (κ1) is 19.4. The van der Waals surface area contributed by atoms with Gasteiger partial charge < -0.3 is 4.98 Å². The Kier molecular flexibility index (Phi) is 5.28. The summed E-state index contributed by atoms with van der Waals surface area (Å²) in [6.45, 7) is 0.177. The number of nitrogens with zero attached hydrogens (tertiary/aromatic N) is 4. The molecule has 1 aliphatic rings. The van der Waals surface area contributed by atoms with Gasteiger partial charge in [0.1, 0.15) is 0 Å². The van der Waals surface area contributed by atoms with Crippen LogP contribution in [0.1, 0.15) is 6.42 Å². The average Bonchev–Trinajstić information content (AvgIpc) is 3.06. The fourth-order valence-corrected chi connectivity index (χ4v) is 5.66. The summed E-state index contributed by atoms with van der Waals surface area (Å²) in [5, 5.41) is 10.8. The summed E-state index contributed by atoms with van der Waals surface area (Å²) < 4.78 is 53.1. The topological polar surface area (TPSA) is 147 Å². The Morgan fingerprint density at radius 3 is 2.30 bits per heavy atom. The number of benzene rings is 1. The Hall–Kier alpha value is -2.35. The lowest BCUT2D eigenvalue weighted by Gasteiger charge is -2.21. The largest absolute Gasteiger partial charge is 0.335 e. The molecule has 1 saturated heterocycles. The molecule has 1 fully saturated rings. The van der Waals surface area contributed by atoms with Crippen LogP contribution in [0.2, 0.25) is 0 Å². The number of non-ortho nitro benzene ring substituents is 1. The van der Waals surface area contributed by atoms with E-state index in [1.807, 2.05) is 0 Å². The minimum absolute atomic E-state index is 0.0322. The minimum Gasteiger partial charge on any atom is -0.335 e. The van der Waals surface area contributed by atoms with Gasteiger partial charge in [-0.1, -0.05) is 6.07 Å². The van der Waals surface area contributed by atoms with Crippen molar-refractivity contribution in [1.29, 1.82) is 0 Å². The molecular formula is C14H17N5O6S2. The molecule has 11 nitrogen and oxygen atoms in total.